The molecule has 0 aliphatic rings. The standard InChI is InChI=1S/C11H9ClO2S/c1-15(13,14)9-6-5-8-3-2-4-11(12)10(8)7-9/h2-7H,1H3. The first-order valence-electron chi connectivity index (χ1n) is 4.37. The van der Waals surface area contributed by atoms with E-state index in [1.807, 2.05) is 12.1 Å². The first-order chi connectivity index (χ1) is 6.98. The van der Waals surface area contributed by atoms with Crippen LogP contribution in [0, 0.1) is 0 Å². The lowest BCUT2D eigenvalue weighted by Gasteiger charge is -2.03. The number of benzene rings is 2. The Balaban J connectivity index is 2.81. The van der Waals surface area contributed by atoms with Crippen molar-refractivity contribution in [2.45, 2.75) is 4.90 Å². The first-order valence-corrected chi connectivity index (χ1v) is 6.64. The van der Waals surface area contributed by atoms with Crippen molar-refractivity contribution in [1.29, 1.82) is 0 Å². The van der Waals surface area contributed by atoms with Crippen LogP contribution in [-0.2, 0) is 9.84 Å². The van der Waals surface area contributed by atoms with Gasteiger partial charge in [-0.3, -0.25) is 0 Å². The fourth-order valence-electron chi connectivity index (χ4n) is 1.44. The summed E-state index contributed by atoms with van der Waals surface area (Å²) in [5.74, 6) is 0. The second kappa shape index (κ2) is 3.51. The highest BCUT2D eigenvalue weighted by atomic mass is 35.5. The van der Waals surface area contributed by atoms with E-state index >= 15 is 0 Å². The molecule has 0 N–H and O–H groups in total. The van der Waals surface area contributed by atoms with Crippen molar-refractivity contribution in [3.63, 3.8) is 0 Å². The number of hydrogen-bond donors (Lipinski definition) is 0. The minimum atomic E-state index is -3.17. The van der Waals surface area contributed by atoms with Crippen LogP contribution in [0.2, 0.25) is 5.02 Å². The molecule has 0 aliphatic carbocycles. The predicted octanol–water partition coefficient (Wildman–Crippen LogP) is 2.90. The molecule has 0 atom stereocenters. The van der Waals surface area contributed by atoms with Gasteiger partial charge in [0.1, 0.15) is 0 Å². The monoisotopic (exact) mass is 240 g/mol. The van der Waals surface area contributed by atoms with Gasteiger partial charge in [-0.2, -0.15) is 0 Å². The molecule has 0 saturated carbocycles. The van der Waals surface area contributed by atoms with E-state index in [2.05, 4.69) is 0 Å². The van der Waals surface area contributed by atoms with Crippen LogP contribution in [0.1, 0.15) is 0 Å². The molecule has 78 valence electrons. The zero-order chi connectivity index (χ0) is 11.1. The van der Waals surface area contributed by atoms with Crippen molar-refractivity contribution < 1.29 is 8.42 Å². The molecule has 15 heavy (non-hydrogen) atoms. The summed E-state index contributed by atoms with van der Waals surface area (Å²) in [5.41, 5.74) is 0. The van der Waals surface area contributed by atoms with Gasteiger partial charge < -0.3 is 0 Å². The lowest BCUT2D eigenvalue weighted by atomic mass is 10.1. The number of hydrogen-bond acceptors (Lipinski definition) is 2. The molecular formula is C11H9ClO2S. The van der Waals surface area contributed by atoms with Crippen LogP contribution in [0.3, 0.4) is 0 Å². The lowest BCUT2D eigenvalue weighted by Crippen LogP contribution is -1.96. The average Bonchev–Trinajstić information content (AvgIpc) is 2.16. The topological polar surface area (TPSA) is 34.1 Å². The average molecular weight is 241 g/mol. The normalized spacial score (nSPS) is 11.9. The molecule has 0 fully saturated rings. The number of fused-ring (bicyclic) bond motifs is 1. The van der Waals surface area contributed by atoms with Crippen molar-refractivity contribution >= 4 is 32.2 Å². The fourth-order valence-corrected chi connectivity index (χ4v) is 2.33. The molecule has 2 nitrogen and oxygen atoms in total. The Morgan fingerprint density at radius 3 is 2.53 bits per heavy atom. The molecule has 2 aromatic carbocycles. The molecular weight excluding hydrogens is 232 g/mol. The molecule has 0 unspecified atom stereocenters. The van der Waals surface area contributed by atoms with Gasteiger partial charge in [-0.15, -0.1) is 0 Å². The van der Waals surface area contributed by atoms with Crippen LogP contribution in [0.5, 0.6) is 0 Å². The minimum Gasteiger partial charge on any atom is -0.224 e. The molecule has 0 heterocycles. The molecule has 0 radical (unpaired) electrons. The Bertz CT molecular complexity index is 618. The highest BCUT2D eigenvalue weighted by Crippen LogP contribution is 2.25. The van der Waals surface area contributed by atoms with Crippen LogP contribution in [-0.4, -0.2) is 14.7 Å². The van der Waals surface area contributed by atoms with Crippen molar-refractivity contribution in [3.05, 3.63) is 41.4 Å². The summed E-state index contributed by atoms with van der Waals surface area (Å²) >= 11 is 5.98. The summed E-state index contributed by atoms with van der Waals surface area (Å²) in [7, 11) is -3.17. The second-order valence-corrected chi connectivity index (χ2v) is 5.82. The fraction of sp³-hybridized carbons (Fsp3) is 0.0909. The SMILES string of the molecule is CS(=O)(=O)c1ccc2cccc(Cl)c2c1. The third-order valence-electron chi connectivity index (χ3n) is 2.23. The highest BCUT2D eigenvalue weighted by molar-refractivity contribution is 7.90. The maximum atomic E-state index is 11.3. The quantitative estimate of drug-likeness (QED) is 0.768. The Labute approximate surface area is 93.4 Å². The van der Waals surface area contributed by atoms with E-state index in [1.165, 1.54) is 6.26 Å². The van der Waals surface area contributed by atoms with Crippen LogP contribution < -0.4 is 0 Å². The second-order valence-electron chi connectivity index (χ2n) is 3.39. The Morgan fingerprint density at radius 2 is 1.87 bits per heavy atom. The van der Waals surface area contributed by atoms with Gasteiger partial charge in [-0.05, 0) is 23.6 Å². The molecule has 0 amide bonds. The molecule has 0 bridgehead atoms. The van der Waals surface area contributed by atoms with Crippen LogP contribution in [0.25, 0.3) is 10.8 Å². The Kier molecular flexibility index (Phi) is 2.44. The zero-order valence-corrected chi connectivity index (χ0v) is 9.64. The van der Waals surface area contributed by atoms with Gasteiger partial charge in [0, 0.05) is 16.7 Å². The van der Waals surface area contributed by atoms with E-state index < -0.39 is 9.84 Å². The van der Waals surface area contributed by atoms with Gasteiger partial charge in [0.15, 0.2) is 9.84 Å². The summed E-state index contributed by atoms with van der Waals surface area (Å²) in [6.45, 7) is 0. The molecule has 0 spiro atoms. The third kappa shape index (κ3) is 1.98. The van der Waals surface area contributed by atoms with E-state index in [0.29, 0.717) is 9.92 Å². The number of sulfone groups is 1. The van der Waals surface area contributed by atoms with Crippen molar-refractivity contribution in [2.75, 3.05) is 6.26 Å². The van der Waals surface area contributed by atoms with Gasteiger partial charge in [0.2, 0.25) is 0 Å². The molecule has 0 saturated heterocycles. The van der Waals surface area contributed by atoms with Crippen LogP contribution >= 0.6 is 11.6 Å². The molecule has 2 rings (SSSR count). The number of rotatable bonds is 1. The van der Waals surface area contributed by atoms with Crippen molar-refractivity contribution in [3.8, 4) is 0 Å². The van der Waals surface area contributed by atoms with E-state index in [-0.39, 0.29) is 0 Å². The largest absolute Gasteiger partial charge is 0.224 e. The van der Waals surface area contributed by atoms with Crippen LogP contribution in [0.4, 0.5) is 0 Å². The molecule has 0 aliphatic heterocycles. The molecule has 0 aromatic heterocycles. The van der Waals surface area contributed by atoms with E-state index in [9.17, 15) is 8.42 Å². The third-order valence-corrected chi connectivity index (χ3v) is 3.67. The van der Waals surface area contributed by atoms with E-state index in [4.69, 9.17) is 11.6 Å². The van der Waals surface area contributed by atoms with Crippen LogP contribution in [0.15, 0.2) is 41.3 Å². The van der Waals surface area contributed by atoms with Crippen molar-refractivity contribution in [2.24, 2.45) is 0 Å². The molecule has 4 heteroatoms. The van der Waals surface area contributed by atoms with Crippen molar-refractivity contribution in [1.82, 2.24) is 0 Å². The summed E-state index contributed by atoms with van der Waals surface area (Å²) in [5, 5.41) is 2.27. The smallest absolute Gasteiger partial charge is 0.175 e. The van der Waals surface area contributed by atoms with Gasteiger partial charge in [0.05, 0.1) is 4.90 Å². The summed E-state index contributed by atoms with van der Waals surface area (Å²) in [4.78, 5) is 0.295. The summed E-state index contributed by atoms with van der Waals surface area (Å²) in [6.07, 6.45) is 1.19. The van der Waals surface area contributed by atoms with E-state index in [0.717, 1.165) is 10.8 Å². The maximum absolute atomic E-state index is 11.3. The van der Waals surface area contributed by atoms with Gasteiger partial charge in [-0.1, -0.05) is 29.8 Å². The maximum Gasteiger partial charge on any atom is 0.175 e. The summed E-state index contributed by atoms with van der Waals surface area (Å²) < 4.78 is 22.7. The zero-order valence-electron chi connectivity index (χ0n) is 8.07. The first kappa shape index (κ1) is 10.5. The highest BCUT2D eigenvalue weighted by Gasteiger charge is 2.08. The minimum absolute atomic E-state index is 0.295. The van der Waals surface area contributed by atoms with Gasteiger partial charge in [0.25, 0.3) is 0 Å². The van der Waals surface area contributed by atoms with E-state index in [1.54, 1.807) is 24.3 Å². The Hall–Kier alpha value is -1.06. The van der Waals surface area contributed by atoms with Gasteiger partial charge >= 0.3 is 0 Å². The van der Waals surface area contributed by atoms with Gasteiger partial charge in [-0.25, -0.2) is 8.42 Å². The number of halogens is 1. The predicted molar refractivity (Wildman–Crippen MR) is 62.1 cm³/mol. The Morgan fingerprint density at radius 1 is 1.13 bits per heavy atom. The molecule has 2 aromatic rings. The lowest BCUT2D eigenvalue weighted by molar-refractivity contribution is 0.602. The summed E-state index contributed by atoms with van der Waals surface area (Å²) in [6, 6.07) is 10.4.